The molecule has 2 unspecified atom stereocenters. The molecule has 0 aromatic heterocycles. The third-order valence-corrected chi connectivity index (χ3v) is 8.22. The van der Waals surface area contributed by atoms with Crippen LogP contribution in [0.15, 0.2) is 78.9 Å². The summed E-state index contributed by atoms with van der Waals surface area (Å²) in [4.78, 5) is 16.8. The highest BCUT2D eigenvalue weighted by Gasteiger charge is 2.34. The van der Waals surface area contributed by atoms with Gasteiger partial charge in [0.2, 0.25) is 0 Å². The largest absolute Gasteiger partial charge is 0.489 e. The predicted octanol–water partition coefficient (Wildman–Crippen LogP) is 5.57. The minimum atomic E-state index is -0.165. The highest BCUT2D eigenvalue weighted by Crippen LogP contribution is 2.36. The number of hydrogen-bond donors (Lipinski definition) is 0. The maximum atomic E-state index is 12.4. The number of carbonyl (C=O) groups excluding carboxylic acids is 1. The molecule has 210 valence electrons. The standard InChI is InChI=1S/C33H38N2O5/c36-33-35(28(23-39-33)19-26-7-3-1-4-8-26)18-15-25-13-16-34(17-14-25)21-30-24-38-31-12-11-29(20-32(31)40-30)37-22-27-9-5-2-6-10-27/h1-12,20,25,28,30H,13-19,21-24H2. The number of carbonyl (C=O) groups is 1. The predicted molar refractivity (Wildman–Crippen MR) is 153 cm³/mol. The quantitative estimate of drug-likeness (QED) is 0.334. The molecule has 3 aromatic rings. The number of fused-ring (bicyclic) bond motifs is 1. The molecule has 0 saturated carbocycles. The van der Waals surface area contributed by atoms with Gasteiger partial charge in [0.05, 0.1) is 6.04 Å². The van der Waals surface area contributed by atoms with Crippen LogP contribution in [0.1, 0.15) is 30.4 Å². The minimum absolute atomic E-state index is 0.00783. The van der Waals surface area contributed by atoms with Crippen molar-refractivity contribution in [1.82, 2.24) is 9.80 Å². The number of rotatable bonds is 10. The van der Waals surface area contributed by atoms with Gasteiger partial charge in [-0.25, -0.2) is 4.79 Å². The van der Waals surface area contributed by atoms with E-state index in [1.807, 2.05) is 59.5 Å². The van der Waals surface area contributed by atoms with Crippen LogP contribution >= 0.6 is 0 Å². The van der Waals surface area contributed by atoms with Crippen LogP contribution in [0.3, 0.4) is 0 Å². The molecule has 0 spiro atoms. The van der Waals surface area contributed by atoms with Gasteiger partial charge in [0.15, 0.2) is 11.5 Å². The van der Waals surface area contributed by atoms with Crippen molar-refractivity contribution < 1.29 is 23.7 Å². The summed E-state index contributed by atoms with van der Waals surface area (Å²) in [7, 11) is 0. The van der Waals surface area contributed by atoms with Crippen LogP contribution in [0, 0.1) is 5.92 Å². The summed E-state index contributed by atoms with van der Waals surface area (Å²) >= 11 is 0. The fourth-order valence-corrected chi connectivity index (χ4v) is 5.90. The first-order chi connectivity index (χ1) is 19.7. The van der Waals surface area contributed by atoms with Crippen molar-refractivity contribution in [3.05, 3.63) is 90.0 Å². The first kappa shape index (κ1) is 26.5. The van der Waals surface area contributed by atoms with Crippen LogP contribution in [-0.4, -0.2) is 67.4 Å². The molecule has 3 aliphatic rings. The van der Waals surface area contributed by atoms with E-state index in [0.29, 0.717) is 25.7 Å². The molecule has 3 aliphatic heterocycles. The number of hydrogen-bond acceptors (Lipinski definition) is 6. The lowest BCUT2D eigenvalue weighted by Gasteiger charge is -2.36. The van der Waals surface area contributed by atoms with Crippen molar-refractivity contribution in [2.75, 3.05) is 39.4 Å². The fourth-order valence-electron chi connectivity index (χ4n) is 5.90. The third-order valence-electron chi connectivity index (χ3n) is 8.22. The molecule has 3 heterocycles. The van der Waals surface area contributed by atoms with Crippen molar-refractivity contribution in [2.24, 2.45) is 5.92 Å². The van der Waals surface area contributed by atoms with E-state index in [9.17, 15) is 4.79 Å². The Labute approximate surface area is 236 Å². The zero-order chi connectivity index (χ0) is 27.1. The van der Waals surface area contributed by atoms with Gasteiger partial charge in [0.1, 0.15) is 31.7 Å². The summed E-state index contributed by atoms with van der Waals surface area (Å²) < 4.78 is 23.7. The van der Waals surface area contributed by atoms with Crippen molar-refractivity contribution in [2.45, 2.75) is 44.4 Å². The molecule has 0 N–H and O–H groups in total. The average molecular weight is 543 g/mol. The molecular formula is C33H38N2O5. The highest BCUT2D eigenvalue weighted by atomic mass is 16.6. The molecule has 2 fully saturated rings. The van der Waals surface area contributed by atoms with Gasteiger partial charge >= 0.3 is 6.09 Å². The molecule has 1 amide bonds. The monoisotopic (exact) mass is 542 g/mol. The van der Waals surface area contributed by atoms with Gasteiger partial charge in [-0.2, -0.15) is 0 Å². The molecule has 7 nitrogen and oxygen atoms in total. The maximum absolute atomic E-state index is 12.4. The Kier molecular flexibility index (Phi) is 8.38. The Bertz CT molecular complexity index is 1250. The molecule has 6 rings (SSSR count). The van der Waals surface area contributed by atoms with Crippen LogP contribution in [0.4, 0.5) is 4.79 Å². The van der Waals surface area contributed by atoms with Crippen molar-refractivity contribution in [3.8, 4) is 17.2 Å². The first-order valence-electron chi connectivity index (χ1n) is 14.5. The topological polar surface area (TPSA) is 60.5 Å². The number of amides is 1. The molecule has 3 aromatic carbocycles. The lowest BCUT2D eigenvalue weighted by Crippen LogP contribution is -2.44. The second-order valence-corrected chi connectivity index (χ2v) is 11.1. The minimum Gasteiger partial charge on any atom is -0.489 e. The highest BCUT2D eigenvalue weighted by molar-refractivity contribution is 5.70. The van der Waals surface area contributed by atoms with Crippen molar-refractivity contribution >= 4 is 6.09 Å². The van der Waals surface area contributed by atoms with Gasteiger partial charge in [0.25, 0.3) is 0 Å². The van der Waals surface area contributed by atoms with Gasteiger partial charge < -0.3 is 23.8 Å². The zero-order valence-electron chi connectivity index (χ0n) is 23.0. The number of benzene rings is 3. The van der Waals surface area contributed by atoms with E-state index in [0.717, 1.165) is 74.7 Å². The van der Waals surface area contributed by atoms with Crippen LogP contribution in [0.5, 0.6) is 17.2 Å². The van der Waals surface area contributed by atoms with E-state index in [1.165, 1.54) is 5.56 Å². The summed E-state index contributed by atoms with van der Waals surface area (Å²) in [6.45, 7) is 5.25. The van der Waals surface area contributed by atoms with E-state index in [2.05, 4.69) is 29.2 Å². The summed E-state index contributed by atoms with van der Waals surface area (Å²) in [6.07, 6.45) is 3.96. The molecule has 40 heavy (non-hydrogen) atoms. The number of nitrogens with zero attached hydrogens (tertiary/aromatic N) is 2. The molecule has 0 aliphatic carbocycles. The number of ether oxygens (including phenoxy) is 4. The summed E-state index contributed by atoms with van der Waals surface area (Å²) in [5.74, 6) is 2.92. The van der Waals surface area contributed by atoms with E-state index in [-0.39, 0.29) is 18.2 Å². The molecule has 0 radical (unpaired) electrons. The molecule has 2 atom stereocenters. The lowest BCUT2D eigenvalue weighted by molar-refractivity contribution is 0.0462. The second-order valence-electron chi connectivity index (χ2n) is 11.1. The Morgan fingerprint density at radius 3 is 2.35 bits per heavy atom. The van der Waals surface area contributed by atoms with Gasteiger partial charge in [-0.15, -0.1) is 0 Å². The fraction of sp³-hybridized carbons (Fsp3) is 0.424. The van der Waals surface area contributed by atoms with E-state index >= 15 is 0 Å². The number of cyclic esters (lactones) is 1. The first-order valence-corrected chi connectivity index (χ1v) is 14.5. The van der Waals surface area contributed by atoms with Crippen LogP contribution in [0.2, 0.25) is 0 Å². The SMILES string of the molecule is O=C1OCC(Cc2ccccc2)N1CCC1CCN(CC2COc3ccc(OCc4ccccc4)cc3O2)CC1. The molecular weight excluding hydrogens is 504 g/mol. The van der Waals surface area contributed by atoms with Gasteiger partial charge in [0, 0.05) is 19.2 Å². The van der Waals surface area contributed by atoms with Crippen LogP contribution < -0.4 is 14.2 Å². The molecule has 0 bridgehead atoms. The van der Waals surface area contributed by atoms with E-state index in [1.54, 1.807) is 0 Å². The van der Waals surface area contributed by atoms with E-state index < -0.39 is 0 Å². The van der Waals surface area contributed by atoms with Crippen LogP contribution in [-0.2, 0) is 17.8 Å². The summed E-state index contributed by atoms with van der Waals surface area (Å²) in [5, 5.41) is 0. The smallest absolute Gasteiger partial charge is 0.410 e. The van der Waals surface area contributed by atoms with Gasteiger partial charge in [-0.05, 0) is 68.0 Å². The summed E-state index contributed by atoms with van der Waals surface area (Å²) in [6, 6.07) is 26.4. The van der Waals surface area contributed by atoms with Crippen molar-refractivity contribution in [3.63, 3.8) is 0 Å². The number of piperidine rings is 1. The Balaban J connectivity index is 0.941. The lowest BCUT2D eigenvalue weighted by atomic mass is 9.93. The zero-order valence-corrected chi connectivity index (χ0v) is 23.0. The van der Waals surface area contributed by atoms with Gasteiger partial charge in [-0.1, -0.05) is 60.7 Å². The Hall–Kier alpha value is -3.71. The third kappa shape index (κ3) is 6.70. The van der Waals surface area contributed by atoms with Crippen molar-refractivity contribution in [1.29, 1.82) is 0 Å². The normalized spacial score (nSPS) is 21.3. The molecule has 2 saturated heterocycles. The molecule has 7 heteroatoms. The van der Waals surface area contributed by atoms with Crippen LogP contribution in [0.25, 0.3) is 0 Å². The summed E-state index contributed by atoms with van der Waals surface area (Å²) in [5.41, 5.74) is 2.38. The van der Waals surface area contributed by atoms with Gasteiger partial charge in [-0.3, -0.25) is 4.90 Å². The Morgan fingerprint density at radius 2 is 1.57 bits per heavy atom. The second kappa shape index (κ2) is 12.6. The Morgan fingerprint density at radius 1 is 0.825 bits per heavy atom. The number of likely N-dealkylation sites (tertiary alicyclic amines) is 1. The maximum Gasteiger partial charge on any atom is 0.410 e. The van der Waals surface area contributed by atoms with E-state index in [4.69, 9.17) is 18.9 Å². The average Bonchev–Trinajstić information content (AvgIpc) is 3.34.